The van der Waals surface area contributed by atoms with Crippen molar-refractivity contribution >= 4 is 12.2 Å². The summed E-state index contributed by atoms with van der Waals surface area (Å²) in [6.45, 7) is 6.40. The molecule has 0 spiro atoms. The third-order valence-electron chi connectivity index (χ3n) is 2.36. The van der Waals surface area contributed by atoms with E-state index in [1.165, 1.54) is 0 Å². The van der Waals surface area contributed by atoms with Crippen molar-refractivity contribution < 1.29 is 4.74 Å². The quantitative estimate of drug-likeness (QED) is 0.804. The van der Waals surface area contributed by atoms with Gasteiger partial charge in [0.1, 0.15) is 10.5 Å². The van der Waals surface area contributed by atoms with Crippen molar-refractivity contribution in [2.45, 2.75) is 39.7 Å². The molecule has 0 aromatic carbocycles. The maximum absolute atomic E-state index is 5.22. The maximum atomic E-state index is 5.22. The van der Waals surface area contributed by atoms with Crippen LogP contribution in [-0.4, -0.2) is 23.2 Å². The van der Waals surface area contributed by atoms with E-state index in [2.05, 4.69) is 23.8 Å². The van der Waals surface area contributed by atoms with E-state index in [4.69, 9.17) is 17.0 Å². The fraction of sp³-hybridized carbons (Fsp3) is 0.667. The van der Waals surface area contributed by atoms with Gasteiger partial charge in [0.05, 0.1) is 6.10 Å². The number of ether oxygens (including phenoxy) is 1. The van der Waals surface area contributed by atoms with E-state index in [-0.39, 0.29) is 6.10 Å². The third-order valence-corrected chi connectivity index (χ3v) is 2.57. The molecule has 1 rings (SSSR count). The average Bonchev–Trinajstić information content (AvgIpc) is 2.15. The van der Waals surface area contributed by atoms with E-state index in [0.717, 1.165) is 24.4 Å². The Morgan fingerprint density at radius 3 is 2.62 bits per heavy atom. The molecule has 1 unspecified atom stereocenters. The topological polar surface area (TPSA) is 37.9 Å². The zero-order valence-electron chi connectivity index (χ0n) is 10.4. The summed E-state index contributed by atoms with van der Waals surface area (Å²) in [4.78, 5) is 7.63. The van der Waals surface area contributed by atoms with Gasteiger partial charge in [0.2, 0.25) is 0 Å². The van der Waals surface area contributed by atoms with Crippen LogP contribution >= 0.6 is 12.2 Å². The van der Waals surface area contributed by atoms with Gasteiger partial charge in [0, 0.05) is 19.2 Å². The molecule has 0 radical (unpaired) electrons. The first-order valence-electron chi connectivity index (χ1n) is 5.63. The van der Waals surface area contributed by atoms with Crippen molar-refractivity contribution in [2.24, 2.45) is 5.92 Å². The number of nitrogens with zero attached hydrogens (tertiary/aromatic N) is 1. The highest BCUT2D eigenvalue weighted by molar-refractivity contribution is 7.71. The first-order chi connectivity index (χ1) is 7.51. The van der Waals surface area contributed by atoms with Crippen LogP contribution in [0.25, 0.3) is 0 Å². The van der Waals surface area contributed by atoms with E-state index in [0.29, 0.717) is 10.6 Å². The Labute approximate surface area is 102 Å². The number of rotatable bonds is 5. The van der Waals surface area contributed by atoms with Crippen LogP contribution in [-0.2, 0) is 17.6 Å². The Morgan fingerprint density at radius 1 is 1.38 bits per heavy atom. The highest BCUT2D eigenvalue weighted by Crippen LogP contribution is 2.07. The summed E-state index contributed by atoms with van der Waals surface area (Å²) in [7, 11) is 1.71. The molecule has 0 aliphatic heterocycles. The number of hydrogen-bond donors (Lipinski definition) is 1. The molecule has 0 amide bonds. The molecule has 1 heterocycles. The lowest BCUT2D eigenvalue weighted by Crippen LogP contribution is -2.12. The minimum atomic E-state index is 0.160. The lowest BCUT2D eigenvalue weighted by atomic mass is 10.1. The monoisotopic (exact) mass is 240 g/mol. The molecule has 16 heavy (non-hydrogen) atoms. The fourth-order valence-corrected chi connectivity index (χ4v) is 1.82. The predicted octanol–water partition coefficient (Wildman–Crippen LogP) is 2.92. The van der Waals surface area contributed by atoms with Crippen LogP contribution < -0.4 is 0 Å². The van der Waals surface area contributed by atoms with E-state index in [9.17, 15) is 0 Å². The smallest absolute Gasteiger partial charge is 0.129 e. The molecule has 0 saturated carbocycles. The molecule has 0 saturated heterocycles. The molecule has 90 valence electrons. The third kappa shape index (κ3) is 4.41. The molecule has 0 bridgehead atoms. The SMILES string of the molecule is COC(C)Cc1nc(=S)cc(CC(C)C)[nH]1. The van der Waals surface area contributed by atoms with Crippen molar-refractivity contribution in [3.8, 4) is 0 Å². The average molecular weight is 240 g/mol. The molecule has 3 nitrogen and oxygen atoms in total. The highest BCUT2D eigenvalue weighted by Gasteiger charge is 2.06. The van der Waals surface area contributed by atoms with Gasteiger partial charge in [-0.25, -0.2) is 4.98 Å². The van der Waals surface area contributed by atoms with Gasteiger partial charge in [-0.1, -0.05) is 26.1 Å². The van der Waals surface area contributed by atoms with Crippen LogP contribution in [0, 0.1) is 10.6 Å². The van der Waals surface area contributed by atoms with E-state index in [1.807, 2.05) is 13.0 Å². The Balaban J connectivity index is 2.85. The first-order valence-corrected chi connectivity index (χ1v) is 6.04. The van der Waals surface area contributed by atoms with Gasteiger partial charge in [0.15, 0.2) is 0 Å². The Kier molecular flexibility index (Phi) is 5.09. The van der Waals surface area contributed by atoms with E-state index >= 15 is 0 Å². The van der Waals surface area contributed by atoms with Gasteiger partial charge in [-0.2, -0.15) is 0 Å². The summed E-state index contributed by atoms with van der Waals surface area (Å²) in [6, 6.07) is 1.94. The number of methoxy groups -OCH3 is 1. The van der Waals surface area contributed by atoms with Gasteiger partial charge in [-0.3, -0.25) is 0 Å². The number of aromatic amines is 1. The summed E-state index contributed by atoms with van der Waals surface area (Å²) >= 11 is 5.16. The standard InChI is InChI=1S/C12H20N2OS/c1-8(2)5-10-7-12(16)14-11(13-10)6-9(3)15-4/h7-9H,5-6H2,1-4H3,(H,13,14,16). The Hall–Kier alpha value is -0.740. The lowest BCUT2D eigenvalue weighted by molar-refractivity contribution is 0.117. The van der Waals surface area contributed by atoms with Gasteiger partial charge >= 0.3 is 0 Å². The summed E-state index contributed by atoms with van der Waals surface area (Å²) in [5.41, 5.74) is 1.16. The molecule has 4 heteroatoms. The summed E-state index contributed by atoms with van der Waals surface area (Å²) in [5, 5.41) is 0. The number of nitrogens with one attached hydrogen (secondary N) is 1. The highest BCUT2D eigenvalue weighted by atomic mass is 32.1. The zero-order valence-corrected chi connectivity index (χ0v) is 11.2. The largest absolute Gasteiger partial charge is 0.381 e. The minimum Gasteiger partial charge on any atom is -0.381 e. The first kappa shape index (κ1) is 13.3. The van der Waals surface area contributed by atoms with Crippen LogP contribution in [0.1, 0.15) is 32.3 Å². The predicted molar refractivity (Wildman–Crippen MR) is 68.1 cm³/mol. The van der Waals surface area contributed by atoms with E-state index < -0.39 is 0 Å². The number of H-pyrrole nitrogens is 1. The molecular weight excluding hydrogens is 220 g/mol. The van der Waals surface area contributed by atoms with Gasteiger partial charge in [0.25, 0.3) is 0 Å². The van der Waals surface area contributed by atoms with Gasteiger partial charge < -0.3 is 9.72 Å². The number of aromatic nitrogens is 2. The molecule has 1 aromatic heterocycles. The van der Waals surface area contributed by atoms with Crippen molar-refractivity contribution in [2.75, 3.05) is 7.11 Å². The normalized spacial score (nSPS) is 13.1. The maximum Gasteiger partial charge on any atom is 0.129 e. The van der Waals surface area contributed by atoms with Crippen LogP contribution in [0.15, 0.2) is 6.07 Å². The second kappa shape index (κ2) is 6.11. The number of hydrogen-bond acceptors (Lipinski definition) is 3. The summed E-state index contributed by atoms with van der Waals surface area (Å²) < 4.78 is 5.88. The van der Waals surface area contributed by atoms with Crippen LogP contribution in [0.3, 0.4) is 0 Å². The fourth-order valence-electron chi connectivity index (χ4n) is 1.57. The van der Waals surface area contributed by atoms with Crippen molar-refractivity contribution in [1.29, 1.82) is 0 Å². The summed E-state index contributed by atoms with van der Waals surface area (Å²) in [5.74, 6) is 1.53. The molecule has 1 atom stereocenters. The van der Waals surface area contributed by atoms with Crippen molar-refractivity contribution in [1.82, 2.24) is 9.97 Å². The van der Waals surface area contributed by atoms with Gasteiger partial charge in [-0.15, -0.1) is 0 Å². The molecule has 0 aliphatic rings. The Bertz CT molecular complexity index is 387. The molecular formula is C12H20N2OS. The molecule has 0 fully saturated rings. The van der Waals surface area contributed by atoms with Crippen LogP contribution in [0.5, 0.6) is 0 Å². The lowest BCUT2D eigenvalue weighted by Gasteiger charge is -2.11. The summed E-state index contributed by atoms with van der Waals surface area (Å²) in [6.07, 6.45) is 1.93. The second-order valence-electron chi connectivity index (χ2n) is 4.54. The zero-order chi connectivity index (χ0) is 12.1. The van der Waals surface area contributed by atoms with Crippen molar-refractivity contribution in [3.05, 3.63) is 22.2 Å². The molecule has 1 N–H and O–H groups in total. The van der Waals surface area contributed by atoms with Crippen LogP contribution in [0.2, 0.25) is 0 Å². The van der Waals surface area contributed by atoms with E-state index in [1.54, 1.807) is 7.11 Å². The van der Waals surface area contributed by atoms with Crippen molar-refractivity contribution in [3.63, 3.8) is 0 Å². The van der Waals surface area contributed by atoms with Crippen LogP contribution in [0.4, 0.5) is 0 Å². The second-order valence-corrected chi connectivity index (χ2v) is 4.96. The Morgan fingerprint density at radius 2 is 2.06 bits per heavy atom. The minimum absolute atomic E-state index is 0.160. The van der Waals surface area contributed by atoms with Gasteiger partial charge in [-0.05, 0) is 25.3 Å². The molecule has 1 aromatic rings. The molecule has 0 aliphatic carbocycles.